The van der Waals surface area contributed by atoms with Crippen molar-refractivity contribution in [3.63, 3.8) is 0 Å². The van der Waals surface area contributed by atoms with Crippen molar-refractivity contribution in [2.24, 2.45) is 0 Å². The fraction of sp³-hybridized carbons (Fsp3) is 0.278. The first-order valence-corrected chi connectivity index (χ1v) is 10.7. The van der Waals surface area contributed by atoms with Gasteiger partial charge in [-0.1, -0.05) is 45.7 Å². The predicted octanol–water partition coefficient (Wildman–Crippen LogP) is 3.88. The quantitative estimate of drug-likeness (QED) is 0.758. The van der Waals surface area contributed by atoms with Crippen molar-refractivity contribution in [2.45, 2.75) is 37.8 Å². The lowest BCUT2D eigenvalue weighted by Crippen LogP contribution is -2.35. The van der Waals surface area contributed by atoms with Gasteiger partial charge in [-0.3, -0.25) is 4.79 Å². The van der Waals surface area contributed by atoms with Crippen LogP contribution in [0.3, 0.4) is 0 Å². The number of benzene rings is 2. The van der Waals surface area contributed by atoms with E-state index in [4.69, 9.17) is 11.6 Å². The highest BCUT2D eigenvalue weighted by molar-refractivity contribution is 9.10. The largest absolute Gasteiger partial charge is 0.308 e. The molecule has 2 aromatic carbocycles. The second-order valence-corrected chi connectivity index (χ2v) is 9.33. The predicted molar refractivity (Wildman–Crippen MR) is 106 cm³/mol. The third-order valence-corrected chi connectivity index (χ3v) is 6.60. The van der Waals surface area contributed by atoms with E-state index < -0.39 is 10.0 Å². The lowest BCUT2D eigenvalue weighted by atomic mass is 10.1. The van der Waals surface area contributed by atoms with E-state index in [1.807, 2.05) is 13.0 Å². The molecule has 8 heteroatoms. The second kappa shape index (κ2) is 7.31. The summed E-state index contributed by atoms with van der Waals surface area (Å²) in [5.41, 5.74) is 1.97. The monoisotopic (exact) mass is 456 g/mol. The first kappa shape index (κ1) is 19.4. The van der Waals surface area contributed by atoms with Gasteiger partial charge in [-0.25, -0.2) is 13.1 Å². The normalized spacial score (nSPS) is 16.6. The first-order valence-electron chi connectivity index (χ1n) is 8.06. The standard InChI is InChI=1S/C18H18BrClN2O3S/c1-11-7-14-8-15(19)9-17(18(14)22(11)12(2)23)26(24,25)21-10-13-5-3-4-6-16(13)20/h3-6,8-9,11,21H,7,10H2,1-2H3/t11-/m1/s1. The molecule has 0 spiro atoms. The van der Waals surface area contributed by atoms with E-state index in [0.717, 1.165) is 5.56 Å². The van der Waals surface area contributed by atoms with Gasteiger partial charge in [0.15, 0.2) is 0 Å². The molecule has 1 atom stereocenters. The molecule has 1 N–H and O–H groups in total. The lowest BCUT2D eigenvalue weighted by Gasteiger charge is -2.23. The van der Waals surface area contributed by atoms with Crippen LogP contribution < -0.4 is 9.62 Å². The van der Waals surface area contributed by atoms with Crippen LogP contribution in [0.2, 0.25) is 5.02 Å². The summed E-state index contributed by atoms with van der Waals surface area (Å²) >= 11 is 9.48. The van der Waals surface area contributed by atoms with Gasteiger partial charge in [0.1, 0.15) is 4.90 Å². The van der Waals surface area contributed by atoms with Gasteiger partial charge in [-0.2, -0.15) is 0 Å². The Labute approximate surface area is 166 Å². The van der Waals surface area contributed by atoms with Crippen molar-refractivity contribution < 1.29 is 13.2 Å². The molecule has 26 heavy (non-hydrogen) atoms. The summed E-state index contributed by atoms with van der Waals surface area (Å²) in [6.45, 7) is 3.42. The Bertz CT molecular complexity index is 978. The van der Waals surface area contributed by atoms with Gasteiger partial charge in [0.05, 0.1) is 5.69 Å². The second-order valence-electron chi connectivity index (χ2n) is 6.27. The molecular weight excluding hydrogens is 440 g/mol. The van der Waals surface area contributed by atoms with Crippen LogP contribution in [0.1, 0.15) is 25.0 Å². The third-order valence-electron chi connectivity index (χ3n) is 4.35. The maximum absolute atomic E-state index is 13.0. The van der Waals surface area contributed by atoms with Crippen LogP contribution in [0.5, 0.6) is 0 Å². The summed E-state index contributed by atoms with van der Waals surface area (Å²) < 4.78 is 29.2. The summed E-state index contributed by atoms with van der Waals surface area (Å²) in [6, 6.07) is 10.4. The Morgan fingerprint density at radius 1 is 1.35 bits per heavy atom. The summed E-state index contributed by atoms with van der Waals surface area (Å²) in [4.78, 5) is 13.7. The van der Waals surface area contributed by atoms with Crippen molar-refractivity contribution in [1.82, 2.24) is 4.72 Å². The molecule has 0 fully saturated rings. The number of sulfonamides is 1. The van der Waals surface area contributed by atoms with Crippen LogP contribution in [-0.4, -0.2) is 20.4 Å². The fourth-order valence-corrected chi connectivity index (χ4v) is 5.38. The minimum Gasteiger partial charge on any atom is -0.308 e. The van der Waals surface area contributed by atoms with E-state index in [-0.39, 0.29) is 23.4 Å². The Hall–Kier alpha value is -1.41. The number of nitrogens with one attached hydrogen (secondary N) is 1. The first-order chi connectivity index (χ1) is 12.2. The van der Waals surface area contributed by atoms with E-state index in [9.17, 15) is 13.2 Å². The summed E-state index contributed by atoms with van der Waals surface area (Å²) in [5, 5.41) is 0.494. The number of hydrogen-bond acceptors (Lipinski definition) is 3. The van der Waals surface area contributed by atoms with Crippen LogP contribution >= 0.6 is 27.5 Å². The van der Waals surface area contributed by atoms with E-state index in [2.05, 4.69) is 20.7 Å². The molecule has 1 aliphatic rings. The minimum absolute atomic E-state index is 0.0684. The van der Waals surface area contributed by atoms with Gasteiger partial charge in [0.25, 0.3) is 0 Å². The highest BCUT2D eigenvalue weighted by Crippen LogP contribution is 2.40. The lowest BCUT2D eigenvalue weighted by molar-refractivity contribution is -0.116. The van der Waals surface area contributed by atoms with Gasteiger partial charge in [0, 0.05) is 29.0 Å². The number of anilines is 1. The number of hydrogen-bond donors (Lipinski definition) is 1. The molecule has 0 bridgehead atoms. The molecule has 1 amide bonds. The zero-order valence-corrected chi connectivity index (χ0v) is 17.5. The van der Waals surface area contributed by atoms with Crippen molar-refractivity contribution in [3.8, 4) is 0 Å². The molecule has 2 aromatic rings. The molecule has 3 rings (SSSR count). The molecule has 138 valence electrons. The van der Waals surface area contributed by atoms with Crippen molar-refractivity contribution in [2.75, 3.05) is 4.90 Å². The Balaban J connectivity index is 2.01. The number of rotatable bonds is 4. The van der Waals surface area contributed by atoms with E-state index in [0.29, 0.717) is 27.2 Å². The molecule has 0 radical (unpaired) electrons. The average Bonchev–Trinajstić information content (AvgIpc) is 2.88. The molecular formula is C18H18BrClN2O3S. The molecule has 0 saturated carbocycles. The molecule has 5 nitrogen and oxygen atoms in total. The van der Waals surface area contributed by atoms with E-state index >= 15 is 0 Å². The average molecular weight is 458 g/mol. The summed E-state index contributed by atoms with van der Waals surface area (Å²) in [7, 11) is -3.85. The molecule has 0 unspecified atom stereocenters. The Kier molecular flexibility index (Phi) is 5.44. The summed E-state index contributed by atoms with van der Waals surface area (Å²) in [5.74, 6) is -0.180. The van der Waals surface area contributed by atoms with Gasteiger partial charge in [-0.05, 0) is 42.7 Å². The number of nitrogens with zero attached hydrogens (tertiary/aromatic N) is 1. The number of carbonyl (C=O) groups excluding carboxylic acids is 1. The van der Waals surface area contributed by atoms with Crippen LogP contribution in [0.4, 0.5) is 5.69 Å². The smallest absolute Gasteiger partial charge is 0.242 e. The van der Waals surface area contributed by atoms with Crippen LogP contribution in [0, 0.1) is 0 Å². The maximum atomic E-state index is 13.0. The molecule has 0 saturated heterocycles. The maximum Gasteiger partial charge on any atom is 0.242 e. The zero-order chi connectivity index (χ0) is 19.1. The van der Waals surface area contributed by atoms with Crippen molar-refractivity contribution in [3.05, 3.63) is 57.0 Å². The molecule has 0 aromatic heterocycles. The van der Waals surface area contributed by atoms with E-state index in [1.165, 1.54) is 13.0 Å². The highest BCUT2D eigenvalue weighted by Gasteiger charge is 2.35. The molecule has 1 heterocycles. The Morgan fingerprint density at radius 2 is 2.04 bits per heavy atom. The van der Waals surface area contributed by atoms with Gasteiger partial charge >= 0.3 is 0 Å². The van der Waals surface area contributed by atoms with Crippen LogP contribution in [0.25, 0.3) is 0 Å². The van der Waals surface area contributed by atoms with E-state index in [1.54, 1.807) is 29.2 Å². The minimum atomic E-state index is -3.85. The summed E-state index contributed by atoms with van der Waals surface area (Å²) in [6.07, 6.45) is 0.612. The zero-order valence-electron chi connectivity index (χ0n) is 14.3. The van der Waals surface area contributed by atoms with Gasteiger partial charge in [-0.15, -0.1) is 0 Å². The van der Waals surface area contributed by atoms with Crippen LogP contribution in [-0.2, 0) is 27.8 Å². The Morgan fingerprint density at radius 3 is 2.69 bits per heavy atom. The number of carbonyl (C=O) groups is 1. The van der Waals surface area contributed by atoms with Crippen molar-refractivity contribution >= 4 is 49.1 Å². The number of halogens is 2. The fourth-order valence-electron chi connectivity index (χ4n) is 3.25. The topological polar surface area (TPSA) is 66.5 Å². The SMILES string of the molecule is CC(=O)N1c2c(cc(Br)cc2S(=O)(=O)NCc2ccccc2Cl)C[C@H]1C. The van der Waals surface area contributed by atoms with Crippen LogP contribution in [0.15, 0.2) is 45.8 Å². The molecule has 1 aliphatic heterocycles. The number of fused-ring (bicyclic) bond motifs is 1. The van der Waals surface area contributed by atoms with Gasteiger partial charge in [0.2, 0.25) is 15.9 Å². The molecule has 0 aliphatic carbocycles. The highest BCUT2D eigenvalue weighted by atomic mass is 79.9. The van der Waals surface area contributed by atoms with Crippen molar-refractivity contribution in [1.29, 1.82) is 0 Å². The third kappa shape index (κ3) is 3.67. The van der Waals surface area contributed by atoms with Gasteiger partial charge < -0.3 is 4.90 Å². The number of amides is 1.